The maximum Gasteiger partial charge on any atom is 0.300 e. The standard InChI is InChI=1S/C31H30N2O4/c34-29(23-11-16-26-22(20-23)10-7-19-37-26)27-28(21-8-3-1-4-9-21)33(31(36)30(27)35)25-14-12-24(13-15-25)32-17-5-2-6-18-32/h1,3-4,8-9,11-16,20,28,34H,2,5-7,10,17-19H2/b29-27-. The molecule has 1 amide bonds. The van der Waals surface area contributed by atoms with Crippen molar-refractivity contribution < 1.29 is 19.4 Å². The third-order valence-corrected chi connectivity index (χ3v) is 7.59. The largest absolute Gasteiger partial charge is 0.507 e. The van der Waals surface area contributed by atoms with Crippen LogP contribution in [0.4, 0.5) is 11.4 Å². The molecule has 0 spiro atoms. The van der Waals surface area contributed by atoms with Gasteiger partial charge in [0.2, 0.25) is 0 Å². The number of Topliss-reactive ketones (excluding diaryl/α,β-unsaturated/α-hetero) is 1. The third-order valence-electron chi connectivity index (χ3n) is 7.59. The van der Waals surface area contributed by atoms with Crippen LogP contribution in [0.15, 0.2) is 78.4 Å². The van der Waals surface area contributed by atoms with Crippen LogP contribution in [0.3, 0.4) is 0 Å². The number of fused-ring (bicyclic) bond motifs is 1. The van der Waals surface area contributed by atoms with Crippen molar-refractivity contribution in [2.45, 2.75) is 38.1 Å². The molecule has 1 unspecified atom stereocenters. The number of rotatable bonds is 4. The molecule has 3 aromatic rings. The molecule has 2 fully saturated rings. The highest BCUT2D eigenvalue weighted by molar-refractivity contribution is 6.51. The van der Waals surface area contributed by atoms with E-state index in [1.807, 2.05) is 66.7 Å². The molecule has 3 aliphatic heterocycles. The van der Waals surface area contributed by atoms with E-state index in [9.17, 15) is 14.7 Å². The van der Waals surface area contributed by atoms with Crippen LogP contribution < -0.4 is 14.5 Å². The molecule has 0 aromatic heterocycles. The number of piperidine rings is 1. The molecule has 6 heteroatoms. The number of hydrogen-bond acceptors (Lipinski definition) is 5. The summed E-state index contributed by atoms with van der Waals surface area (Å²) in [6.45, 7) is 2.73. The molecule has 3 aromatic carbocycles. The molecule has 6 nitrogen and oxygen atoms in total. The topological polar surface area (TPSA) is 70.1 Å². The molecule has 3 aliphatic rings. The zero-order valence-electron chi connectivity index (χ0n) is 20.7. The smallest absolute Gasteiger partial charge is 0.300 e. The van der Waals surface area contributed by atoms with Crippen LogP contribution >= 0.6 is 0 Å². The molecular formula is C31H30N2O4. The maximum absolute atomic E-state index is 13.5. The SMILES string of the molecule is O=C1C(=O)N(c2ccc(N3CCCCC3)cc2)C(c2ccccc2)/C1=C(/O)c1ccc2c(c1)CCCO2. The van der Waals surface area contributed by atoms with Crippen molar-refractivity contribution in [2.75, 3.05) is 29.5 Å². The second-order valence-electron chi connectivity index (χ2n) is 9.92. The van der Waals surface area contributed by atoms with E-state index in [1.54, 1.807) is 6.07 Å². The van der Waals surface area contributed by atoms with Gasteiger partial charge in [-0.3, -0.25) is 14.5 Å². The zero-order valence-corrected chi connectivity index (χ0v) is 20.7. The average molecular weight is 495 g/mol. The Hall–Kier alpha value is -4.06. The van der Waals surface area contributed by atoms with Gasteiger partial charge in [-0.1, -0.05) is 30.3 Å². The second kappa shape index (κ2) is 9.77. The minimum atomic E-state index is -0.727. The van der Waals surface area contributed by atoms with E-state index in [0.717, 1.165) is 48.5 Å². The summed E-state index contributed by atoms with van der Waals surface area (Å²) in [7, 11) is 0. The van der Waals surface area contributed by atoms with Crippen LogP contribution in [0.1, 0.15) is 48.4 Å². The number of ether oxygens (including phenoxy) is 1. The summed E-state index contributed by atoms with van der Waals surface area (Å²) >= 11 is 0. The Morgan fingerprint density at radius 3 is 2.32 bits per heavy atom. The number of aryl methyl sites for hydroxylation is 1. The summed E-state index contributed by atoms with van der Waals surface area (Å²) in [4.78, 5) is 30.8. The van der Waals surface area contributed by atoms with Crippen molar-refractivity contribution in [3.05, 3.63) is 95.1 Å². The first-order chi connectivity index (χ1) is 18.1. The number of carbonyl (C=O) groups is 2. The lowest BCUT2D eigenvalue weighted by atomic mass is 9.94. The Balaban J connectivity index is 1.43. The lowest BCUT2D eigenvalue weighted by Gasteiger charge is -2.30. The summed E-state index contributed by atoms with van der Waals surface area (Å²) < 4.78 is 5.71. The number of aliphatic hydroxyl groups is 1. The van der Waals surface area contributed by atoms with Gasteiger partial charge in [0.1, 0.15) is 11.5 Å². The van der Waals surface area contributed by atoms with Gasteiger partial charge in [-0.2, -0.15) is 0 Å². The molecule has 0 bridgehead atoms. The monoisotopic (exact) mass is 494 g/mol. The number of amides is 1. The van der Waals surface area contributed by atoms with Crippen LogP contribution in [0, 0.1) is 0 Å². The number of benzene rings is 3. The van der Waals surface area contributed by atoms with Crippen molar-refractivity contribution in [1.29, 1.82) is 0 Å². The molecule has 2 saturated heterocycles. The predicted octanol–water partition coefficient (Wildman–Crippen LogP) is 5.63. The molecule has 0 saturated carbocycles. The van der Waals surface area contributed by atoms with Gasteiger partial charge in [0.15, 0.2) is 0 Å². The van der Waals surface area contributed by atoms with E-state index in [2.05, 4.69) is 4.90 Å². The fourth-order valence-electron chi connectivity index (χ4n) is 5.69. The zero-order chi connectivity index (χ0) is 25.4. The van der Waals surface area contributed by atoms with Gasteiger partial charge in [-0.25, -0.2) is 0 Å². The van der Waals surface area contributed by atoms with E-state index in [1.165, 1.54) is 24.2 Å². The Morgan fingerprint density at radius 2 is 1.57 bits per heavy atom. The number of ketones is 1. The van der Waals surface area contributed by atoms with Gasteiger partial charge in [0.05, 0.1) is 18.2 Å². The number of carbonyl (C=O) groups excluding carboxylic acids is 2. The Morgan fingerprint density at radius 1 is 0.838 bits per heavy atom. The van der Waals surface area contributed by atoms with Crippen LogP contribution in [-0.2, 0) is 16.0 Å². The summed E-state index contributed by atoms with van der Waals surface area (Å²) in [5.74, 6) is -0.674. The van der Waals surface area contributed by atoms with E-state index in [-0.39, 0.29) is 11.3 Å². The number of aliphatic hydroxyl groups excluding tert-OH is 1. The molecule has 0 radical (unpaired) electrons. The van der Waals surface area contributed by atoms with E-state index < -0.39 is 17.7 Å². The van der Waals surface area contributed by atoms with Crippen LogP contribution in [0.25, 0.3) is 5.76 Å². The van der Waals surface area contributed by atoms with E-state index in [4.69, 9.17) is 4.74 Å². The van der Waals surface area contributed by atoms with Gasteiger partial charge in [0, 0.05) is 30.0 Å². The molecule has 1 N–H and O–H groups in total. The average Bonchev–Trinajstić information content (AvgIpc) is 3.23. The molecule has 0 aliphatic carbocycles. The first kappa shape index (κ1) is 23.3. The summed E-state index contributed by atoms with van der Waals surface area (Å²) in [5, 5.41) is 11.5. The van der Waals surface area contributed by atoms with Crippen LogP contribution in [0.5, 0.6) is 5.75 Å². The Kier molecular flexibility index (Phi) is 6.16. The first-order valence-electron chi connectivity index (χ1n) is 13.1. The number of nitrogens with zero attached hydrogens (tertiary/aromatic N) is 2. The number of hydrogen-bond donors (Lipinski definition) is 1. The molecule has 6 rings (SSSR count). The second-order valence-corrected chi connectivity index (χ2v) is 9.92. The lowest BCUT2D eigenvalue weighted by molar-refractivity contribution is -0.132. The summed E-state index contributed by atoms with van der Waals surface area (Å²) in [6, 6.07) is 22.0. The van der Waals surface area contributed by atoms with Crippen molar-refractivity contribution >= 4 is 28.8 Å². The lowest BCUT2D eigenvalue weighted by Crippen LogP contribution is -2.30. The molecular weight excluding hydrogens is 464 g/mol. The highest BCUT2D eigenvalue weighted by Crippen LogP contribution is 2.43. The molecule has 1 atom stereocenters. The van der Waals surface area contributed by atoms with Crippen LogP contribution in [0.2, 0.25) is 0 Å². The van der Waals surface area contributed by atoms with Gasteiger partial charge >= 0.3 is 0 Å². The van der Waals surface area contributed by atoms with Gasteiger partial charge in [-0.15, -0.1) is 0 Å². The third kappa shape index (κ3) is 4.26. The van der Waals surface area contributed by atoms with Crippen molar-refractivity contribution in [3.63, 3.8) is 0 Å². The van der Waals surface area contributed by atoms with Crippen molar-refractivity contribution in [3.8, 4) is 5.75 Å². The quantitative estimate of drug-likeness (QED) is 0.289. The molecule has 3 heterocycles. The minimum absolute atomic E-state index is 0.105. The fourth-order valence-corrected chi connectivity index (χ4v) is 5.69. The highest BCUT2D eigenvalue weighted by Gasteiger charge is 2.47. The van der Waals surface area contributed by atoms with E-state index >= 15 is 0 Å². The van der Waals surface area contributed by atoms with Gasteiger partial charge < -0.3 is 14.7 Å². The predicted molar refractivity (Wildman–Crippen MR) is 144 cm³/mol. The van der Waals surface area contributed by atoms with Crippen LogP contribution in [-0.4, -0.2) is 36.5 Å². The number of anilines is 2. The van der Waals surface area contributed by atoms with Gasteiger partial charge in [0.25, 0.3) is 11.7 Å². The van der Waals surface area contributed by atoms with Crippen molar-refractivity contribution in [1.82, 2.24) is 0 Å². The highest BCUT2D eigenvalue weighted by atomic mass is 16.5. The van der Waals surface area contributed by atoms with Gasteiger partial charge in [-0.05, 0) is 85.7 Å². The summed E-state index contributed by atoms with van der Waals surface area (Å²) in [6.07, 6.45) is 5.36. The Bertz CT molecular complexity index is 1360. The normalized spacial score (nSPS) is 21.0. The summed E-state index contributed by atoms with van der Waals surface area (Å²) in [5.41, 5.74) is 4.14. The maximum atomic E-state index is 13.5. The fraction of sp³-hybridized carbons (Fsp3) is 0.290. The minimum Gasteiger partial charge on any atom is -0.507 e. The Labute approximate surface area is 216 Å². The molecule has 37 heavy (non-hydrogen) atoms. The first-order valence-corrected chi connectivity index (χ1v) is 13.1. The van der Waals surface area contributed by atoms with E-state index in [0.29, 0.717) is 17.9 Å². The molecule has 188 valence electrons. The van der Waals surface area contributed by atoms with Crippen molar-refractivity contribution in [2.24, 2.45) is 0 Å².